The SMILES string of the molecule is CCCCN1C(=O)C(=C(N)N)C(=O)N(C2CCC(C)(CN3C(=O)NC(=O)[C@@H]3COCC)CC2)C1=O. The minimum atomic E-state index is -0.761. The van der Waals surface area contributed by atoms with Crippen LogP contribution in [0.3, 0.4) is 0 Å². The smallest absolute Gasteiger partial charge is 0.334 e. The molecule has 0 bridgehead atoms. The van der Waals surface area contributed by atoms with Gasteiger partial charge in [0.1, 0.15) is 17.4 Å². The van der Waals surface area contributed by atoms with Crippen molar-refractivity contribution >= 4 is 29.8 Å². The number of barbiturate groups is 1. The highest BCUT2D eigenvalue weighted by Gasteiger charge is 2.49. The third kappa shape index (κ3) is 5.26. The monoisotopic (exact) mass is 492 g/mol. The summed E-state index contributed by atoms with van der Waals surface area (Å²) in [5, 5.41) is 2.35. The van der Waals surface area contributed by atoms with E-state index >= 15 is 0 Å². The van der Waals surface area contributed by atoms with Crippen LogP contribution in [0.25, 0.3) is 0 Å². The normalized spacial score (nSPS) is 27.7. The van der Waals surface area contributed by atoms with Crippen molar-refractivity contribution in [1.29, 1.82) is 0 Å². The summed E-state index contributed by atoms with van der Waals surface area (Å²) in [6, 6.07) is -2.19. The van der Waals surface area contributed by atoms with Crippen molar-refractivity contribution < 1.29 is 28.7 Å². The molecule has 3 rings (SSSR count). The third-order valence-corrected chi connectivity index (χ3v) is 7.08. The number of imide groups is 3. The molecule has 2 saturated heterocycles. The van der Waals surface area contributed by atoms with Gasteiger partial charge in [0, 0.05) is 25.7 Å². The van der Waals surface area contributed by atoms with E-state index < -0.39 is 41.8 Å². The Balaban J connectivity index is 1.73. The summed E-state index contributed by atoms with van der Waals surface area (Å²) in [5.41, 5.74) is 10.6. The van der Waals surface area contributed by atoms with Crippen LogP contribution in [0.15, 0.2) is 11.4 Å². The van der Waals surface area contributed by atoms with E-state index in [4.69, 9.17) is 16.2 Å². The van der Waals surface area contributed by atoms with E-state index in [1.54, 1.807) is 0 Å². The first-order valence-corrected chi connectivity index (χ1v) is 12.2. The molecule has 12 nitrogen and oxygen atoms in total. The Labute approximate surface area is 204 Å². The Morgan fingerprint density at radius 2 is 1.74 bits per heavy atom. The minimum absolute atomic E-state index is 0.126. The number of amides is 7. The molecule has 0 unspecified atom stereocenters. The Bertz CT molecular complexity index is 921. The van der Waals surface area contributed by atoms with Gasteiger partial charge < -0.3 is 21.1 Å². The number of carbonyl (C=O) groups excluding carboxylic acids is 5. The molecule has 1 aliphatic carbocycles. The van der Waals surface area contributed by atoms with Gasteiger partial charge in [-0.3, -0.25) is 29.5 Å². The molecule has 0 spiro atoms. The standard InChI is InChI=1S/C23H36N6O6/c1-4-6-11-27-19(31)16(17(24)25)20(32)29(22(27)34)14-7-9-23(3,10-8-14)13-28-15(12-35-5-2)18(30)26-21(28)33/h14-15H,4-13,24-25H2,1-3H3,(H,26,30,33)/t14?,15-,23?/m0/s1. The highest BCUT2D eigenvalue weighted by Crippen LogP contribution is 2.40. The van der Waals surface area contributed by atoms with Crippen LogP contribution in [0, 0.1) is 5.41 Å². The van der Waals surface area contributed by atoms with Gasteiger partial charge in [0.25, 0.3) is 17.7 Å². The van der Waals surface area contributed by atoms with Crippen LogP contribution in [0.2, 0.25) is 0 Å². The molecule has 2 heterocycles. The molecular weight excluding hydrogens is 456 g/mol. The third-order valence-electron chi connectivity index (χ3n) is 7.08. The van der Waals surface area contributed by atoms with Gasteiger partial charge >= 0.3 is 12.1 Å². The predicted octanol–water partition coefficient (Wildman–Crippen LogP) is 0.612. The van der Waals surface area contributed by atoms with Crippen molar-refractivity contribution in [2.75, 3.05) is 26.3 Å². The number of unbranched alkanes of at least 4 members (excludes halogenated alkanes) is 1. The van der Waals surface area contributed by atoms with Gasteiger partial charge in [0.2, 0.25) is 0 Å². The summed E-state index contributed by atoms with van der Waals surface area (Å²) < 4.78 is 5.39. The number of hydrogen-bond donors (Lipinski definition) is 3. The Morgan fingerprint density at radius 3 is 2.31 bits per heavy atom. The second-order valence-corrected chi connectivity index (χ2v) is 9.74. The minimum Gasteiger partial charge on any atom is -0.385 e. The van der Waals surface area contributed by atoms with Crippen molar-refractivity contribution in [3.8, 4) is 0 Å². The number of hydrogen-bond acceptors (Lipinski definition) is 8. The average molecular weight is 493 g/mol. The van der Waals surface area contributed by atoms with Crippen LogP contribution in [-0.2, 0) is 19.1 Å². The first-order chi connectivity index (χ1) is 16.5. The zero-order valence-corrected chi connectivity index (χ0v) is 20.7. The quantitative estimate of drug-likeness (QED) is 0.239. The van der Waals surface area contributed by atoms with Crippen molar-refractivity contribution in [3.63, 3.8) is 0 Å². The molecule has 0 radical (unpaired) electrons. The van der Waals surface area contributed by atoms with Crippen LogP contribution >= 0.6 is 0 Å². The summed E-state index contributed by atoms with van der Waals surface area (Å²) in [5.74, 6) is -2.29. The second kappa shape index (κ2) is 10.6. The molecule has 35 heavy (non-hydrogen) atoms. The van der Waals surface area contributed by atoms with E-state index in [9.17, 15) is 24.0 Å². The van der Waals surface area contributed by atoms with Gasteiger partial charge in [-0.05, 0) is 44.4 Å². The summed E-state index contributed by atoms with van der Waals surface area (Å²) in [6.45, 7) is 6.87. The lowest BCUT2D eigenvalue weighted by atomic mass is 9.73. The van der Waals surface area contributed by atoms with Crippen molar-refractivity contribution in [3.05, 3.63) is 11.4 Å². The van der Waals surface area contributed by atoms with E-state index in [0.29, 0.717) is 45.3 Å². The second-order valence-electron chi connectivity index (χ2n) is 9.74. The Morgan fingerprint density at radius 1 is 1.09 bits per heavy atom. The largest absolute Gasteiger partial charge is 0.385 e. The molecule has 3 fully saturated rings. The molecule has 0 aromatic rings. The van der Waals surface area contributed by atoms with E-state index in [2.05, 4.69) is 5.32 Å². The number of nitrogens with zero attached hydrogens (tertiary/aromatic N) is 3. The van der Waals surface area contributed by atoms with Crippen LogP contribution in [0.1, 0.15) is 59.3 Å². The first kappa shape index (κ1) is 26.5. The van der Waals surface area contributed by atoms with E-state index in [-0.39, 0.29) is 30.0 Å². The van der Waals surface area contributed by atoms with Gasteiger partial charge in [-0.1, -0.05) is 20.3 Å². The lowest BCUT2D eigenvalue weighted by Crippen LogP contribution is -2.61. The Hall–Kier alpha value is -3.15. The van der Waals surface area contributed by atoms with Crippen LogP contribution in [0.4, 0.5) is 9.59 Å². The molecule has 3 aliphatic rings. The number of rotatable bonds is 9. The molecule has 1 saturated carbocycles. The molecule has 7 amide bonds. The van der Waals surface area contributed by atoms with Crippen LogP contribution < -0.4 is 16.8 Å². The summed E-state index contributed by atoms with van der Waals surface area (Å²) in [6.07, 6.45) is 3.55. The lowest BCUT2D eigenvalue weighted by Gasteiger charge is -2.45. The van der Waals surface area contributed by atoms with Gasteiger partial charge in [0.05, 0.1) is 6.61 Å². The predicted molar refractivity (Wildman–Crippen MR) is 125 cm³/mol. The van der Waals surface area contributed by atoms with E-state index in [1.807, 2.05) is 20.8 Å². The maximum absolute atomic E-state index is 13.2. The van der Waals surface area contributed by atoms with Crippen molar-refractivity contribution in [1.82, 2.24) is 20.0 Å². The summed E-state index contributed by atoms with van der Waals surface area (Å²) in [4.78, 5) is 67.3. The molecule has 1 atom stereocenters. The first-order valence-electron chi connectivity index (χ1n) is 12.2. The average Bonchev–Trinajstić information content (AvgIpc) is 3.05. The Kier molecular flexibility index (Phi) is 8.04. The zero-order chi connectivity index (χ0) is 25.9. The maximum Gasteiger partial charge on any atom is 0.334 e. The number of ether oxygens (including phenoxy) is 1. The van der Waals surface area contributed by atoms with Gasteiger partial charge in [-0.2, -0.15) is 0 Å². The molecule has 0 aromatic carbocycles. The highest BCUT2D eigenvalue weighted by molar-refractivity contribution is 6.29. The fourth-order valence-corrected chi connectivity index (χ4v) is 4.98. The number of nitrogens with two attached hydrogens (primary N) is 2. The van der Waals surface area contributed by atoms with Crippen molar-refractivity contribution in [2.24, 2.45) is 16.9 Å². The fraction of sp³-hybridized carbons (Fsp3) is 0.696. The molecular formula is C23H36N6O6. The van der Waals surface area contributed by atoms with E-state index in [1.165, 1.54) is 4.90 Å². The van der Waals surface area contributed by atoms with Crippen LogP contribution in [-0.4, -0.2) is 82.9 Å². The number of urea groups is 2. The molecule has 2 aliphatic heterocycles. The van der Waals surface area contributed by atoms with Crippen molar-refractivity contribution in [2.45, 2.75) is 71.4 Å². The number of carbonyl (C=O) groups is 5. The highest BCUT2D eigenvalue weighted by atomic mass is 16.5. The maximum atomic E-state index is 13.2. The zero-order valence-electron chi connectivity index (χ0n) is 20.7. The summed E-state index contributed by atoms with van der Waals surface area (Å²) in [7, 11) is 0. The van der Waals surface area contributed by atoms with Crippen LogP contribution in [0.5, 0.6) is 0 Å². The fourth-order valence-electron chi connectivity index (χ4n) is 4.98. The molecule has 12 heteroatoms. The van der Waals surface area contributed by atoms with Gasteiger partial charge in [0.15, 0.2) is 0 Å². The van der Waals surface area contributed by atoms with E-state index in [0.717, 1.165) is 16.2 Å². The molecule has 194 valence electrons. The lowest BCUT2D eigenvalue weighted by molar-refractivity contribution is -0.138. The number of nitrogens with one attached hydrogen (secondary N) is 1. The molecule has 0 aromatic heterocycles. The topological polar surface area (TPSA) is 168 Å². The van der Waals surface area contributed by atoms with Gasteiger partial charge in [-0.25, -0.2) is 9.59 Å². The summed E-state index contributed by atoms with van der Waals surface area (Å²) >= 11 is 0. The van der Waals surface area contributed by atoms with Gasteiger partial charge in [-0.15, -0.1) is 0 Å². The molecule has 5 N–H and O–H groups in total.